The van der Waals surface area contributed by atoms with E-state index < -0.39 is 0 Å². The predicted molar refractivity (Wildman–Crippen MR) is 69.3 cm³/mol. The maximum Gasteiger partial charge on any atom is 0.252 e. The molecule has 2 fully saturated rings. The molecule has 96 valence electrons. The molecule has 0 radical (unpaired) electrons. The van der Waals surface area contributed by atoms with E-state index in [9.17, 15) is 4.79 Å². The molecule has 4 nitrogen and oxygen atoms in total. The molecule has 1 saturated heterocycles. The number of nitrogens with one attached hydrogen (secondary N) is 1. The summed E-state index contributed by atoms with van der Waals surface area (Å²) in [4.78, 5) is 18.4. The zero-order valence-corrected chi connectivity index (χ0v) is 10.5. The van der Waals surface area contributed by atoms with E-state index in [0.29, 0.717) is 11.5 Å². The fraction of sp³-hybridized carbons (Fsp3) is 0.571. The summed E-state index contributed by atoms with van der Waals surface area (Å²) >= 11 is 0. The van der Waals surface area contributed by atoms with Crippen molar-refractivity contribution in [2.75, 3.05) is 19.6 Å². The van der Waals surface area contributed by atoms with Gasteiger partial charge in [0.05, 0.1) is 5.56 Å². The van der Waals surface area contributed by atoms with Gasteiger partial charge in [0.2, 0.25) is 0 Å². The van der Waals surface area contributed by atoms with Gasteiger partial charge in [-0.3, -0.25) is 9.78 Å². The second-order valence-electron chi connectivity index (χ2n) is 5.33. The van der Waals surface area contributed by atoms with Crippen molar-refractivity contribution >= 4 is 5.91 Å². The predicted octanol–water partition coefficient (Wildman–Crippen LogP) is 1.30. The molecule has 0 spiro atoms. The molecule has 2 aliphatic rings. The summed E-state index contributed by atoms with van der Waals surface area (Å²) in [6, 6.07) is 4.44. The average Bonchev–Trinajstić information content (AvgIpc) is 3.16. The highest BCUT2D eigenvalue weighted by atomic mass is 16.1. The molecule has 2 heterocycles. The van der Waals surface area contributed by atoms with Crippen LogP contribution in [0.4, 0.5) is 0 Å². The second-order valence-corrected chi connectivity index (χ2v) is 5.33. The minimum absolute atomic E-state index is 0.00651. The Morgan fingerprint density at radius 3 is 3.06 bits per heavy atom. The number of likely N-dealkylation sites (tertiary alicyclic amines) is 1. The molecule has 1 aromatic heterocycles. The molecule has 1 saturated carbocycles. The standard InChI is InChI=1S/C14H19N3O/c18-14(12-2-1-6-15-9-12)16-8-11-5-7-17(10-11)13-3-4-13/h1-2,6,9,11,13H,3-5,7-8,10H2,(H,16,18). The van der Waals surface area contributed by atoms with Gasteiger partial charge >= 0.3 is 0 Å². The van der Waals surface area contributed by atoms with Crippen LogP contribution in [-0.4, -0.2) is 41.5 Å². The smallest absolute Gasteiger partial charge is 0.252 e. The van der Waals surface area contributed by atoms with E-state index in [-0.39, 0.29) is 5.91 Å². The summed E-state index contributed by atoms with van der Waals surface area (Å²) in [5, 5.41) is 3.02. The van der Waals surface area contributed by atoms with Crippen LogP contribution in [0.2, 0.25) is 0 Å². The maximum absolute atomic E-state index is 11.9. The van der Waals surface area contributed by atoms with Crippen molar-refractivity contribution in [1.82, 2.24) is 15.2 Å². The van der Waals surface area contributed by atoms with E-state index in [1.807, 2.05) is 0 Å². The van der Waals surface area contributed by atoms with Crippen LogP contribution in [0.25, 0.3) is 0 Å². The lowest BCUT2D eigenvalue weighted by Crippen LogP contribution is -2.31. The third kappa shape index (κ3) is 2.70. The van der Waals surface area contributed by atoms with Gasteiger partial charge in [0, 0.05) is 31.5 Å². The molecule has 1 amide bonds. The number of pyridine rings is 1. The molecular weight excluding hydrogens is 226 g/mol. The van der Waals surface area contributed by atoms with Gasteiger partial charge < -0.3 is 10.2 Å². The number of nitrogens with zero attached hydrogens (tertiary/aromatic N) is 2. The summed E-state index contributed by atoms with van der Waals surface area (Å²) in [5.41, 5.74) is 0.648. The van der Waals surface area contributed by atoms with Crippen LogP contribution in [0.3, 0.4) is 0 Å². The summed E-state index contributed by atoms with van der Waals surface area (Å²) in [5.74, 6) is 0.610. The molecule has 1 N–H and O–H groups in total. The summed E-state index contributed by atoms with van der Waals surface area (Å²) in [6.45, 7) is 3.15. The Morgan fingerprint density at radius 2 is 2.33 bits per heavy atom. The van der Waals surface area contributed by atoms with Crippen LogP contribution in [-0.2, 0) is 0 Å². The number of carbonyl (C=O) groups is 1. The van der Waals surface area contributed by atoms with Gasteiger partial charge in [0.25, 0.3) is 5.91 Å². The Kier molecular flexibility index (Phi) is 3.28. The van der Waals surface area contributed by atoms with Gasteiger partial charge in [0.1, 0.15) is 0 Å². The topological polar surface area (TPSA) is 45.2 Å². The Balaban J connectivity index is 1.45. The van der Waals surface area contributed by atoms with Gasteiger partial charge in [-0.1, -0.05) is 0 Å². The number of hydrogen-bond donors (Lipinski definition) is 1. The summed E-state index contributed by atoms with van der Waals surface area (Å²) < 4.78 is 0. The Labute approximate surface area is 107 Å². The monoisotopic (exact) mass is 245 g/mol. The molecular formula is C14H19N3O. The van der Waals surface area contributed by atoms with Crippen molar-refractivity contribution in [3.05, 3.63) is 30.1 Å². The van der Waals surface area contributed by atoms with Crippen molar-refractivity contribution in [3.63, 3.8) is 0 Å². The average molecular weight is 245 g/mol. The lowest BCUT2D eigenvalue weighted by Gasteiger charge is -2.15. The Morgan fingerprint density at radius 1 is 1.44 bits per heavy atom. The molecule has 1 aliphatic carbocycles. The Hall–Kier alpha value is -1.42. The number of hydrogen-bond acceptors (Lipinski definition) is 3. The van der Waals surface area contributed by atoms with Gasteiger partial charge in [-0.15, -0.1) is 0 Å². The minimum atomic E-state index is -0.00651. The van der Waals surface area contributed by atoms with Crippen LogP contribution in [0.15, 0.2) is 24.5 Å². The van der Waals surface area contributed by atoms with Crippen LogP contribution >= 0.6 is 0 Å². The lowest BCUT2D eigenvalue weighted by atomic mass is 10.1. The first kappa shape index (κ1) is 11.7. The molecule has 1 aromatic rings. The van der Waals surface area contributed by atoms with E-state index in [2.05, 4.69) is 15.2 Å². The maximum atomic E-state index is 11.9. The molecule has 4 heteroatoms. The zero-order chi connectivity index (χ0) is 12.4. The summed E-state index contributed by atoms with van der Waals surface area (Å²) in [7, 11) is 0. The van der Waals surface area contributed by atoms with Crippen molar-refractivity contribution in [3.8, 4) is 0 Å². The van der Waals surface area contributed by atoms with Gasteiger partial charge in [0.15, 0.2) is 0 Å². The highest BCUT2D eigenvalue weighted by Gasteiger charge is 2.34. The van der Waals surface area contributed by atoms with Gasteiger partial charge in [-0.25, -0.2) is 0 Å². The highest BCUT2D eigenvalue weighted by molar-refractivity contribution is 5.93. The van der Waals surface area contributed by atoms with Crippen LogP contribution in [0.5, 0.6) is 0 Å². The number of carbonyl (C=O) groups excluding carboxylic acids is 1. The molecule has 3 rings (SSSR count). The SMILES string of the molecule is O=C(NCC1CCN(C2CC2)C1)c1cccnc1. The van der Waals surface area contributed by atoms with Crippen molar-refractivity contribution in [1.29, 1.82) is 0 Å². The van der Waals surface area contributed by atoms with E-state index in [0.717, 1.165) is 19.1 Å². The molecule has 0 bridgehead atoms. The van der Waals surface area contributed by atoms with E-state index in [1.54, 1.807) is 24.5 Å². The lowest BCUT2D eigenvalue weighted by molar-refractivity contribution is 0.0947. The first-order valence-corrected chi connectivity index (χ1v) is 6.75. The quantitative estimate of drug-likeness (QED) is 0.869. The van der Waals surface area contributed by atoms with Crippen LogP contribution in [0, 0.1) is 5.92 Å². The van der Waals surface area contributed by atoms with Gasteiger partial charge in [-0.2, -0.15) is 0 Å². The Bertz CT molecular complexity index is 416. The normalized spacial score (nSPS) is 24.1. The van der Waals surface area contributed by atoms with Crippen molar-refractivity contribution in [2.24, 2.45) is 5.92 Å². The third-order valence-corrected chi connectivity index (χ3v) is 3.86. The fourth-order valence-electron chi connectivity index (χ4n) is 2.64. The highest BCUT2D eigenvalue weighted by Crippen LogP contribution is 2.31. The molecule has 1 unspecified atom stereocenters. The first-order chi connectivity index (χ1) is 8.83. The number of amides is 1. The van der Waals surface area contributed by atoms with Crippen LogP contribution < -0.4 is 5.32 Å². The fourth-order valence-corrected chi connectivity index (χ4v) is 2.64. The molecule has 1 atom stereocenters. The minimum Gasteiger partial charge on any atom is -0.352 e. The molecule has 18 heavy (non-hydrogen) atoms. The largest absolute Gasteiger partial charge is 0.352 e. The zero-order valence-electron chi connectivity index (χ0n) is 10.5. The van der Waals surface area contributed by atoms with E-state index >= 15 is 0 Å². The van der Waals surface area contributed by atoms with Gasteiger partial charge in [-0.05, 0) is 43.9 Å². The second kappa shape index (κ2) is 5.06. The number of aromatic nitrogens is 1. The van der Waals surface area contributed by atoms with E-state index in [1.165, 1.54) is 25.8 Å². The summed E-state index contributed by atoms with van der Waals surface area (Å²) in [6.07, 6.45) is 7.25. The third-order valence-electron chi connectivity index (χ3n) is 3.86. The van der Waals surface area contributed by atoms with Crippen molar-refractivity contribution < 1.29 is 4.79 Å². The van der Waals surface area contributed by atoms with E-state index in [4.69, 9.17) is 0 Å². The van der Waals surface area contributed by atoms with Crippen molar-refractivity contribution in [2.45, 2.75) is 25.3 Å². The molecule has 1 aliphatic heterocycles. The number of rotatable bonds is 4. The van der Waals surface area contributed by atoms with Crippen LogP contribution in [0.1, 0.15) is 29.6 Å². The first-order valence-electron chi connectivity index (χ1n) is 6.75. The molecule has 0 aromatic carbocycles.